The average molecular weight is 276 g/mol. The molecular weight excluding hydrogens is 248 g/mol. The highest BCUT2D eigenvalue weighted by atomic mass is 15.2. The number of aryl methyl sites for hydroxylation is 1. The van der Waals surface area contributed by atoms with Gasteiger partial charge >= 0.3 is 0 Å². The van der Waals surface area contributed by atoms with Crippen LogP contribution in [-0.2, 0) is 0 Å². The van der Waals surface area contributed by atoms with E-state index >= 15 is 0 Å². The second kappa shape index (κ2) is 7.27. The fraction of sp³-hybridized carbons (Fsp3) is 0.625. The number of nitrogens with two attached hydrogens (primary N) is 1. The summed E-state index contributed by atoms with van der Waals surface area (Å²) in [5.74, 6) is 1.61. The Hall–Kier alpha value is -1.58. The molecule has 1 aromatic rings. The van der Waals surface area contributed by atoms with E-state index in [1.807, 2.05) is 19.1 Å². The summed E-state index contributed by atoms with van der Waals surface area (Å²) in [5, 5.41) is 7.64. The number of hydrogen-bond acceptors (Lipinski definition) is 3. The molecule has 112 valence electrons. The van der Waals surface area contributed by atoms with Gasteiger partial charge in [0.25, 0.3) is 0 Å². The topological polar surface area (TPSA) is 66.0 Å². The van der Waals surface area contributed by atoms with E-state index in [1.165, 1.54) is 0 Å². The quantitative estimate of drug-likeness (QED) is 0.593. The van der Waals surface area contributed by atoms with Crippen LogP contribution in [0.4, 0.5) is 5.82 Å². The first kappa shape index (κ1) is 16.5. The van der Waals surface area contributed by atoms with E-state index in [0.29, 0.717) is 12.0 Å². The Kier molecular flexibility index (Phi) is 5.99. The molecule has 0 bridgehead atoms. The summed E-state index contributed by atoms with van der Waals surface area (Å²) in [6.45, 7) is 11.8. The number of rotatable bonds is 7. The van der Waals surface area contributed by atoms with E-state index in [1.54, 1.807) is 0 Å². The van der Waals surface area contributed by atoms with Gasteiger partial charge in [-0.15, -0.1) is 0 Å². The van der Waals surface area contributed by atoms with Crippen molar-refractivity contribution in [1.82, 2.24) is 4.98 Å². The molecule has 1 aromatic heterocycles. The molecule has 0 radical (unpaired) electrons. The predicted molar refractivity (Wildman–Crippen MR) is 86.5 cm³/mol. The van der Waals surface area contributed by atoms with Crippen LogP contribution in [0.5, 0.6) is 0 Å². The number of amidine groups is 1. The Bertz CT molecular complexity index is 450. The lowest BCUT2D eigenvalue weighted by molar-refractivity contribution is 0.503. The summed E-state index contributed by atoms with van der Waals surface area (Å²) in [6.07, 6.45) is 2.18. The Balaban J connectivity index is 3.21. The fourth-order valence-corrected chi connectivity index (χ4v) is 2.51. The Morgan fingerprint density at radius 3 is 2.35 bits per heavy atom. The van der Waals surface area contributed by atoms with Gasteiger partial charge in [-0.25, -0.2) is 4.98 Å². The molecule has 0 aliphatic rings. The molecular formula is C16H28N4. The number of pyridine rings is 1. The number of nitrogens with one attached hydrogen (secondary N) is 1. The Morgan fingerprint density at radius 2 is 1.90 bits per heavy atom. The summed E-state index contributed by atoms with van der Waals surface area (Å²) in [7, 11) is 0. The number of aromatic nitrogens is 1. The SMILES string of the molecule is CCC(CC)N(CC(C)C)c1cc(C(=N)N)cc(C)n1. The normalized spacial score (nSPS) is 11.2. The number of nitrogen functional groups attached to an aromatic ring is 1. The van der Waals surface area contributed by atoms with Crippen molar-refractivity contribution in [2.75, 3.05) is 11.4 Å². The first-order chi connectivity index (χ1) is 9.38. The van der Waals surface area contributed by atoms with Gasteiger partial charge in [0.15, 0.2) is 0 Å². The van der Waals surface area contributed by atoms with Gasteiger partial charge in [-0.3, -0.25) is 5.41 Å². The third-order valence-corrected chi connectivity index (χ3v) is 3.49. The zero-order valence-corrected chi connectivity index (χ0v) is 13.4. The van der Waals surface area contributed by atoms with Crippen LogP contribution in [0.2, 0.25) is 0 Å². The minimum Gasteiger partial charge on any atom is -0.384 e. The minimum atomic E-state index is 0.103. The molecule has 1 rings (SSSR count). The van der Waals surface area contributed by atoms with Crippen molar-refractivity contribution in [3.8, 4) is 0 Å². The van der Waals surface area contributed by atoms with Gasteiger partial charge in [0.05, 0.1) is 0 Å². The summed E-state index contributed by atoms with van der Waals surface area (Å²) in [5.41, 5.74) is 7.30. The van der Waals surface area contributed by atoms with Gasteiger partial charge in [-0.05, 0) is 37.8 Å². The van der Waals surface area contributed by atoms with E-state index in [9.17, 15) is 0 Å². The molecule has 0 amide bonds. The van der Waals surface area contributed by atoms with Gasteiger partial charge in [0.2, 0.25) is 0 Å². The van der Waals surface area contributed by atoms with E-state index in [-0.39, 0.29) is 5.84 Å². The lowest BCUT2D eigenvalue weighted by atomic mass is 10.1. The monoisotopic (exact) mass is 276 g/mol. The van der Waals surface area contributed by atoms with Crippen LogP contribution in [0.25, 0.3) is 0 Å². The molecule has 4 heteroatoms. The Morgan fingerprint density at radius 1 is 1.30 bits per heavy atom. The van der Waals surface area contributed by atoms with Crippen LogP contribution in [0.3, 0.4) is 0 Å². The average Bonchev–Trinajstić information content (AvgIpc) is 2.37. The first-order valence-electron chi connectivity index (χ1n) is 7.48. The highest BCUT2D eigenvalue weighted by molar-refractivity contribution is 5.95. The molecule has 0 spiro atoms. The van der Waals surface area contributed by atoms with Crippen molar-refractivity contribution in [2.45, 2.75) is 53.5 Å². The summed E-state index contributed by atoms with van der Waals surface area (Å²) < 4.78 is 0. The highest BCUT2D eigenvalue weighted by Gasteiger charge is 2.19. The summed E-state index contributed by atoms with van der Waals surface area (Å²) >= 11 is 0. The third kappa shape index (κ3) is 4.22. The lowest BCUT2D eigenvalue weighted by Crippen LogP contribution is -2.38. The van der Waals surface area contributed by atoms with Crippen molar-refractivity contribution >= 4 is 11.7 Å². The minimum absolute atomic E-state index is 0.103. The van der Waals surface area contributed by atoms with Crippen LogP contribution in [0.15, 0.2) is 12.1 Å². The van der Waals surface area contributed by atoms with Gasteiger partial charge in [-0.1, -0.05) is 27.7 Å². The van der Waals surface area contributed by atoms with Crippen LogP contribution >= 0.6 is 0 Å². The van der Waals surface area contributed by atoms with Gasteiger partial charge in [-0.2, -0.15) is 0 Å². The zero-order chi connectivity index (χ0) is 15.3. The maximum absolute atomic E-state index is 7.64. The molecule has 1 heterocycles. The van der Waals surface area contributed by atoms with Crippen molar-refractivity contribution in [3.05, 3.63) is 23.4 Å². The van der Waals surface area contributed by atoms with E-state index in [4.69, 9.17) is 11.1 Å². The van der Waals surface area contributed by atoms with Crippen LogP contribution in [0, 0.1) is 18.3 Å². The van der Waals surface area contributed by atoms with Crippen molar-refractivity contribution in [1.29, 1.82) is 5.41 Å². The number of hydrogen-bond donors (Lipinski definition) is 2. The molecule has 3 N–H and O–H groups in total. The number of anilines is 1. The van der Waals surface area contributed by atoms with E-state index < -0.39 is 0 Å². The predicted octanol–water partition coefficient (Wildman–Crippen LogP) is 3.33. The fourth-order valence-electron chi connectivity index (χ4n) is 2.51. The number of nitrogens with zero attached hydrogens (tertiary/aromatic N) is 2. The van der Waals surface area contributed by atoms with Gasteiger partial charge in [0.1, 0.15) is 11.7 Å². The van der Waals surface area contributed by atoms with Gasteiger partial charge < -0.3 is 10.6 Å². The molecule has 4 nitrogen and oxygen atoms in total. The molecule has 0 fully saturated rings. The molecule has 0 saturated heterocycles. The standard InChI is InChI=1S/C16H28N4/c1-6-14(7-2)20(10-11(3)4)15-9-13(16(17)18)8-12(5)19-15/h8-9,11,14H,6-7,10H2,1-5H3,(H3,17,18). The molecule has 0 atom stereocenters. The van der Waals surface area contributed by atoms with E-state index in [2.05, 4.69) is 37.6 Å². The second-order valence-corrected chi connectivity index (χ2v) is 5.79. The van der Waals surface area contributed by atoms with Crippen LogP contribution in [0.1, 0.15) is 51.8 Å². The molecule has 0 unspecified atom stereocenters. The molecule has 0 saturated carbocycles. The third-order valence-electron chi connectivity index (χ3n) is 3.49. The molecule has 0 aliphatic carbocycles. The van der Waals surface area contributed by atoms with E-state index in [0.717, 1.165) is 36.5 Å². The second-order valence-electron chi connectivity index (χ2n) is 5.79. The van der Waals surface area contributed by atoms with Crippen molar-refractivity contribution < 1.29 is 0 Å². The zero-order valence-electron chi connectivity index (χ0n) is 13.4. The van der Waals surface area contributed by atoms with Crippen LogP contribution in [-0.4, -0.2) is 23.4 Å². The highest BCUT2D eigenvalue weighted by Crippen LogP contribution is 2.22. The van der Waals surface area contributed by atoms with Crippen molar-refractivity contribution in [3.63, 3.8) is 0 Å². The summed E-state index contributed by atoms with van der Waals surface area (Å²) in [6, 6.07) is 4.29. The Labute approximate surface area is 122 Å². The molecule has 0 aliphatic heterocycles. The molecule has 20 heavy (non-hydrogen) atoms. The van der Waals surface area contributed by atoms with Crippen molar-refractivity contribution in [2.24, 2.45) is 11.7 Å². The maximum Gasteiger partial charge on any atom is 0.129 e. The smallest absolute Gasteiger partial charge is 0.129 e. The van der Waals surface area contributed by atoms with Gasteiger partial charge in [0, 0.05) is 23.8 Å². The lowest BCUT2D eigenvalue weighted by Gasteiger charge is -2.33. The van der Waals surface area contributed by atoms with Crippen LogP contribution < -0.4 is 10.6 Å². The maximum atomic E-state index is 7.64. The summed E-state index contributed by atoms with van der Waals surface area (Å²) in [4.78, 5) is 7.03. The largest absolute Gasteiger partial charge is 0.384 e. The first-order valence-corrected chi connectivity index (χ1v) is 7.48. The molecule has 0 aromatic carbocycles.